The first kappa shape index (κ1) is 25.0. The Morgan fingerprint density at radius 3 is 2.43 bits per heavy atom. The van der Waals surface area contributed by atoms with E-state index in [1.807, 2.05) is 13.8 Å². The number of aromatic nitrogens is 2. The van der Waals surface area contributed by atoms with Gasteiger partial charge in [0.05, 0.1) is 6.54 Å². The lowest BCUT2D eigenvalue weighted by atomic mass is 10.2. The third-order valence-corrected chi connectivity index (χ3v) is 6.11. The van der Waals surface area contributed by atoms with Crippen LogP contribution in [0.3, 0.4) is 0 Å². The Balaban J connectivity index is 1.30. The van der Waals surface area contributed by atoms with Crippen LogP contribution in [0.5, 0.6) is 0 Å². The average Bonchev–Trinajstić information content (AvgIpc) is 3.47. The van der Waals surface area contributed by atoms with Crippen molar-refractivity contribution < 1.29 is 28.3 Å². The molecule has 3 heterocycles. The molecular formula is C23H31N5O7. The summed E-state index contributed by atoms with van der Waals surface area (Å²) in [5.74, 6) is -0.294. The van der Waals surface area contributed by atoms with Crippen LogP contribution in [0.25, 0.3) is 11.4 Å². The van der Waals surface area contributed by atoms with E-state index in [-0.39, 0.29) is 6.10 Å². The number of carbonyl (C=O) groups excluding carboxylic acids is 2. The highest BCUT2D eigenvalue weighted by atomic mass is 16.6. The molecule has 2 aromatic rings. The van der Waals surface area contributed by atoms with Gasteiger partial charge in [-0.2, -0.15) is 0 Å². The molecule has 2 aliphatic rings. The second-order valence-corrected chi connectivity index (χ2v) is 8.35. The highest BCUT2D eigenvalue weighted by Gasteiger charge is 2.36. The molecule has 2 fully saturated rings. The summed E-state index contributed by atoms with van der Waals surface area (Å²) in [4.78, 5) is 43.6. The fraction of sp³-hybridized carbons (Fsp3) is 0.565. The van der Waals surface area contributed by atoms with Crippen LogP contribution in [0.4, 0.5) is 10.5 Å². The minimum absolute atomic E-state index is 0.255. The Hall–Kier alpha value is -3.06. The monoisotopic (exact) mass is 489 g/mol. The van der Waals surface area contributed by atoms with E-state index in [1.54, 1.807) is 29.2 Å². The normalized spacial score (nSPS) is 21.1. The number of nitrogens with zero attached hydrogens (tertiary/aromatic N) is 4. The van der Waals surface area contributed by atoms with Crippen LogP contribution in [0.1, 0.15) is 13.8 Å². The standard InChI is InChI=1S/C23H31N5O7/c1-3-32-19(15-29)21(33-4-2)27-11-9-26(10-12-27)13-18-14-28(23(31)34-18)17-7-5-16(6-8-17)20-24-22(30)35-25-20/h5-8,15,18-19,21H,3-4,9-14H2,1-2H3,(H,24,25,30). The van der Waals surface area contributed by atoms with E-state index in [9.17, 15) is 14.4 Å². The van der Waals surface area contributed by atoms with Crippen LogP contribution in [0.2, 0.25) is 0 Å². The maximum absolute atomic E-state index is 12.5. The molecule has 190 valence electrons. The molecule has 3 unspecified atom stereocenters. The average molecular weight is 490 g/mol. The number of nitrogens with one attached hydrogen (secondary N) is 1. The second-order valence-electron chi connectivity index (χ2n) is 8.35. The quantitative estimate of drug-likeness (QED) is 0.455. The van der Waals surface area contributed by atoms with Gasteiger partial charge in [-0.15, -0.1) is 0 Å². The minimum Gasteiger partial charge on any atom is -0.443 e. The molecule has 0 aliphatic carbocycles. The SMILES string of the molecule is CCOC(C=O)C(OCC)N1CCN(CC2CN(c3ccc(-c4noc(=O)[nH]4)cc3)C(=O)O2)CC1. The number of carbonyl (C=O) groups is 2. The maximum atomic E-state index is 12.5. The van der Waals surface area contributed by atoms with E-state index >= 15 is 0 Å². The number of benzene rings is 1. The van der Waals surface area contributed by atoms with Gasteiger partial charge < -0.3 is 19.0 Å². The zero-order valence-corrected chi connectivity index (χ0v) is 19.9. The number of hydrogen-bond acceptors (Lipinski definition) is 10. The van der Waals surface area contributed by atoms with E-state index < -0.39 is 24.2 Å². The minimum atomic E-state index is -0.623. The number of amides is 1. The molecule has 1 N–H and O–H groups in total. The lowest BCUT2D eigenvalue weighted by Gasteiger charge is -2.40. The first-order valence-electron chi connectivity index (χ1n) is 11.8. The Labute approximate surface area is 202 Å². The van der Waals surface area contributed by atoms with Gasteiger partial charge >= 0.3 is 11.8 Å². The van der Waals surface area contributed by atoms with Crippen molar-refractivity contribution in [1.82, 2.24) is 19.9 Å². The largest absolute Gasteiger partial charge is 0.443 e. The van der Waals surface area contributed by atoms with Crippen molar-refractivity contribution >= 4 is 18.1 Å². The predicted octanol–water partition coefficient (Wildman–Crippen LogP) is 0.939. The van der Waals surface area contributed by atoms with Crippen LogP contribution in [-0.2, 0) is 19.0 Å². The van der Waals surface area contributed by atoms with Crippen molar-refractivity contribution in [2.45, 2.75) is 32.3 Å². The highest BCUT2D eigenvalue weighted by Crippen LogP contribution is 2.25. The van der Waals surface area contributed by atoms with Crippen molar-refractivity contribution in [2.75, 3.05) is 57.4 Å². The van der Waals surface area contributed by atoms with Crippen LogP contribution in [0.15, 0.2) is 33.6 Å². The summed E-state index contributed by atoms with van der Waals surface area (Å²) in [5.41, 5.74) is 1.38. The molecule has 0 saturated carbocycles. The fourth-order valence-corrected chi connectivity index (χ4v) is 4.43. The highest BCUT2D eigenvalue weighted by molar-refractivity contribution is 5.90. The summed E-state index contributed by atoms with van der Waals surface area (Å²) in [5, 5.41) is 3.67. The number of aldehydes is 1. The van der Waals surface area contributed by atoms with Gasteiger partial charge in [-0.3, -0.25) is 24.2 Å². The molecule has 3 atom stereocenters. The summed E-state index contributed by atoms with van der Waals surface area (Å²) in [6.07, 6.45) is -0.864. The Morgan fingerprint density at radius 1 is 1.11 bits per heavy atom. The van der Waals surface area contributed by atoms with Gasteiger partial charge in [-0.25, -0.2) is 9.59 Å². The van der Waals surface area contributed by atoms with E-state index in [0.717, 1.165) is 32.5 Å². The molecule has 0 spiro atoms. The topological polar surface area (TPSA) is 130 Å². The maximum Gasteiger partial charge on any atom is 0.439 e. The smallest absolute Gasteiger partial charge is 0.439 e. The third kappa shape index (κ3) is 5.96. The van der Waals surface area contributed by atoms with E-state index in [2.05, 4.69) is 24.5 Å². The first-order chi connectivity index (χ1) is 17.0. The molecular weight excluding hydrogens is 458 g/mol. The Kier molecular flexibility index (Phi) is 8.29. The first-order valence-corrected chi connectivity index (χ1v) is 11.8. The van der Waals surface area contributed by atoms with Gasteiger partial charge in [-0.05, 0) is 38.1 Å². The van der Waals surface area contributed by atoms with E-state index in [0.29, 0.717) is 43.4 Å². The van der Waals surface area contributed by atoms with Crippen molar-refractivity contribution in [3.63, 3.8) is 0 Å². The van der Waals surface area contributed by atoms with Gasteiger partial charge in [0.1, 0.15) is 12.3 Å². The molecule has 2 saturated heterocycles. The van der Waals surface area contributed by atoms with E-state index in [4.69, 9.17) is 14.2 Å². The summed E-state index contributed by atoms with van der Waals surface area (Å²) in [6.45, 7) is 8.73. The molecule has 1 aromatic heterocycles. The van der Waals surface area contributed by atoms with Crippen molar-refractivity contribution in [3.8, 4) is 11.4 Å². The van der Waals surface area contributed by atoms with Gasteiger partial charge in [0, 0.05) is 57.2 Å². The fourth-order valence-electron chi connectivity index (χ4n) is 4.43. The van der Waals surface area contributed by atoms with Crippen molar-refractivity contribution in [3.05, 3.63) is 34.8 Å². The number of cyclic esters (lactones) is 1. The molecule has 1 amide bonds. The lowest BCUT2D eigenvalue weighted by Crippen LogP contribution is -2.56. The Morgan fingerprint density at radius 2 is 1.83 bits per heavy atom. The zero-order chi connectivity index (χ0) is 24.8. The summed E-state index contributed by atoms with van der Waals surface area (Å²) in [7, 11) is 0. The molecule has 2 aliphatic heterocycles. The number of ether oxygens (including phenoxy) is 3. The molecule has 0 bridgehead atoms. The van der Waals surface area contributed by atoms with Crippen LogP contribution in [-0.4, -0.2) is 103 Å². The Bertz CT molecular complexity index is 1030. The molecule has 12 heteroatoms. The van der Waals surface area contributed by atoms with Gasteiger partial charge in [-0.1, -0.05) is 5.16 Å². The molecule has 35 heavy (non-hydrogen) atoms. The summed E-state index contributed by atoms with van der Waals surface area (Å²) < 4.78 is 21.5. The number of piperazine rings is 1. The number of aromatic amines is 1. The number of hydrogen-bond donors (Lipinski definition) is 1. The van der Waals surface area contributed by atoms with Crippen LogP contribution < -0.4 is 10.7 Å². The number of H-pyrrole nitrogens is 1. The lowest BCUT2D eigenvalue weighted by molar-refractivity contribution is -0.158. The second kappa shape index (κ2) is 11.6. The van der Waals surface area contributed by atoms with Crippen LogP contribution in [0, 0.1) is 0 Å². The number of rotatable bonds is 11. The number of anilines is 1. The third-order valence-electron chi connectivity index (χ3n) is 6.11. The van der Waals surface area contributed by atoms with Gasteiger partial charge in [0.2, 0.25) is 0 Å². The summed E-state index contributed by atoms with van der Waals surface area (Å²) in [6, 6.07) is 7.07. The van der Waals surface area contributed by atoms with Crippen molar-refractivity contribution in [2.24, 2.45) is 0 Å². The van der Waals surface area contributed by atoms with E-state index in [1.165, 1.54) is 0 Å². The molecule has 12 nitrogen and oxygen atoms in total. The molecule has 0 radical (unpaired) electrons. The molecule has 1 aromatic carbocycles. The zero-order valence-electron chi connectivity index (χ0n) is 19.9. The van der Waals surface area contributed by atoms with Gasteiger partial charge in [0.25, 0.3) is 0 Å². The van der Waals surface area contributed by atoms with Gasteiger partial charge in [0.15, 0.2) is 18.2 Å². The predicted molar refractivity (Wildman–Crippen MR) is 125 cm³/mol. The molecule has 4 rings (SSSR count). The van der Waals surface area contributed by atoms with Crippen LogP contribution >= 0.6 is 0 Å². The summed E-state index contributed by atoms with van der Waals surface area (Å²) >= 11 is 0. The van der Waals surface area contributed by atoms with Crippen molar-refractivity contribution in [1.29, 1.82) is 0 Å².